The molecule has 2 N–H and O–H groups in total. The molecule has 0 aromatic heterocycles. The number of unbranched alkanes of at least 4 members (excludes halogenated alkanes) is 2. The van der Waals surface area contributed by atoms with Gasteiger partial charge in [-0.1, -0.05) is 34.1 Å². The van der Waals surface area contributed by atoms with E-state index in [1.807, 2.05) is 0 Å². The smallest absolute Gasteiger partial charge is 0.230 e. The predicted octanol–water partition coefficient (Wildman–Crippen LogP) is 0.920. The number of aliphatic hydroxyl groups excluding tert-OH is 1. The molecular formula is C9H16BrNO3S. The average molecular weight is 298 g/mol. The summed E-state index contributed by atoms with van der Waals surface area (Å²) in [4.78, 5) is 21.8. The van der Waals surface area contributed by atoms with Crippen LogP contribution < -0.4 is 5.32 Å². The van der Waals surface area contributed by atoms with Crippen molar-refractivity contribution in [2.45, 2.75) is 19.3 Å². The van der Waals surface area contributed by atoms with Gasteiger partial charge in [-0.15, -0.1) is 0 Å². The molecule has 0 saturated carbocycles. The summed E-state index contributed by atoms with van der Waals surface area (Å²) in [5, 5.41) is 11.7. The van der Waals surface area contributed by atoms with Crippen molar-refractivity contribution in [2.24, 2.45) is 0 Å². The third-order valence-electron chi connectivity index (χ3n) is 1.63. The lowest BCUT2D eigenvalue weighted by atomic mass is 10.2. The van der Waals surface area contributed by atoms with E-state index in [0.717, 1.165) is 36.4 Å². The molecule has 0 aromatic rings. The first-order chi connectivity index (χ1) is 7.20. The predicted molar refractivity (Wildman–Crippen MR) is 65.2 cm³/mol. The Morgan fingerprint density at radius 1 is 1.27 bits per heavy atom. The minimum atomic E-state index is -0.511. The first-order valence-electron chi connectivity index (χ1n) is 4.80. The SMILES string of the molecule is O=C(CSC(=O)CO)NCCCCCBr. The number of hydrogen-bond donors (Lipinski definition) is 2. The van der Waals surface area contributed by atoms with E-state index in [1.54, 1.807) is 0 Å². The van der Waals surface area contributed by atoms with Gasteiger partial charge in [-0.2, -0.15) is 0 Å². The van der Waals surface area contributed by atoms with E-state index >= 15 is 0 Å². The molecule has 88 valence electrons. The maximum atomic E-state index is 11.1. The third-order valence-corrected chi connectivity index (χ3v) is 3.04. The Balaban J connectivity index is 3.30. The normalized spacial score (nSPS) is 10.0. The molecule has 0 bridgehead atoms. The number of hydrogen-bond acceptors (Lipinski definition) is 4. The number of halogens is 1. The zero-order chi connectivity index (χ0) is 11.5. The van der Waals surface area contributed by atoms with Crippen LogP contribution in [-0.4, -0.2) is 40.4 Å². The van der Waals surface area contributed by atoms with Crippen molar-refractivity contribution in [3.63, 3.8) is 0 Å². The van der Waals surface area contributed by atoms with Crippen LogP contribution in [0.15, 0.2) is 0 Å². The summed E-state index contributed by atoms with van der Waals surface area (Å²) >= 11 is 4.17. The molecule has 0 aromatic carbocycles. The second-order valence-electron chi connectivity index (χ2n) is 2.92. The van der Waals surface area contributed by atoms with E-state index in [4.69, 9.17) is 5.11 Å². The molecule has 6 heteroatoms. The standard InChI is InChI=1S/C9H16BrNO3S/c10-4-2-1-3-5-11-8(13)7-15-9(14)6-12/h12H,1-7H2,(H,11,13). The van der Waals surface area contributed by atoms with Crippen LogP contribution in [0.5, 0.6) is 0 Å². The Hall–Kier alpha value is -0.0700. The largest absolute Gasteiger partial charge is 0.388 e. The highest BCUT2D eigenvalue weighted by Crippen LogP contribution is 2.00. The molecule has 0 spiro atoms. The van der Waals surface area contributed by atoms with Crippen LogP contribution in [0.25, 0.3) is 0 Å². The summed E-state index contributed by atoms with van der Waals surface area (Å²) in [7, 11) is 0. The summed E-state index contributed by atoms with van der Waals surface area (Å²) in [6.07, 6.45) is 3.14. The lowest BCUT2D eigenvalue weighted by molar-refractivity contribution is -0.119. The van der Waals surface area contributed by atoms with E-state index < -0.39 is 6.61 Å². The van der Waals surface area contributed by atoms with Crippen molar-refractivity contribution in [3.8, 4) is 0 Å². The van der Waals surface area contributed by atoms with Crippen molar-refractivity contribution in [3.05, 3.63) is 0 Å². The van der Waals surface area contributed by atoms with Gasteiger partial charge >= 0.3 is 0 Å². The zero-order valence-electron chi connectivity index (χ0n) is 8.50. The Kier molecular flexibility index (Phi) is 10.4. The van der Waals surface area contributed by atoms with Crippen LogP contribution >= 0.6 is 27.7 Å². The Morgan fingerprint density at radius 2 is 2.00 bits per heavy atom. The number of carbonyl (C=O) groups is 2. The fourth-order valence-corrected chi connectivity index (χ4v) is 1.75. The molecule has 0 saturated heterocycles. The molecule has 4 nitrogen and oxygen atoms in total. The number of rotatable bonds is 8. The molecule has 0 aliphatic heterocycles. The molecule has 1 amide bonds. The molecule has 15 heavy (non-hydrogen) atoms. The lowest BCUT2D eigenvalue weighted by Crippen LogP contribution is -2.26. The maximum Gasteiger partial charge on any atom is 0.230 e. The first kappa shape index (κ1) is 14.9. The molecule has 0 rings (SSSR count). The van der Waals surface area contributed by atoms with Gasteiger partial charge in [0.15, 0.2) is 0 Å². The highest BCUT2D eigenvalue weighted by atomic mass is 79.9. The van der Waals surface area contributed by atoms with Gasteiger partial charge in [0.1, 0.15) is 6.61 Å². The molecule has 0 aliphatic carbocycles. The van der Waals surface area contributed by atoms with E-state index in [9.17, 15) is 9.59 Å². The highest BCUT2D eigenvalue weighted by Gasteiger charge is 2.05. The summed E-state index contributed by atoms with van der Waals surface area (Å²) in [6.45, 7) is 0.142. The van der Waals surface area contributed by atoms with Gasteiger partial charge in [-0.3, -0.25) is 9.59 Å². The van der Waals surface area contributed by atoms with Gasteiger partial charge in [0.2, 0.25) is 11.0 Å². The van der Waals surface area contributed by atoms with Crippen molar-refractivity contribution >= 4 is 38.7 Å². The van der Waals surface area contributed by atoms with Gasteiger partial charge < -0.3 is 10.4 Å². The second kappa shape index (κ2) is 10.4. The summed E-state index contributed by atoms with van der Waals surface area (Å²) in [6, 6.07) is 0. The van der Waals surface area contributed by atoms with Crippen molar-refractivity contribution in [2.75, 3.05) is 24.2 Å². The van der Waals surface area contributed by atoms with Gasteiger partial charge in [-0.25, -0.2) is 0 Å². The van der Waals surface area contributed by atoms with Crippen LogP contribution in [-0.2, 0) is 9.59 Å². The second-order valence-corrected chi connectivity index (χ2v) is 4.74. The Morgan fingerprint density at radius 3 is 2.60 bits per heavy atom. The monoisotopic (exact) mass is 297 g/mol. The number of amides is 1. The molecular weight excluding hydrogens is 282 g/mol. The zero-order valence-corrected chi connectivity index (χ0v) is 10.9. The van der Waals surface area contributed by atoms with Crippen LogP contribution in [0.2, 0.25) is 0 Å². The minimum Gasteiger partial charge on any atom is -0.388 e. The van der Waals surface area contributed by atoms with Crippen molar-refractivity contribution < 1.29 is 14.7 Å². The number of aliphatic hydroxyl groups is 1. The Bertz CT molecular complexity index is 202. The summed E-state index contributed by atoms with van der Waals surface area (Å²) in [5.74, 6) is -0.0571. The van der Waals surface area contributed by atoms with Crippen LogP contribution in [0.4, 0.5) is 0 Å². The molecule has 0 unspecified atom stereocenters. The number of alkyl halides is 1. The minimum absolute atomic E-state index is 0.0951. The highest BCUT2D eigenvalue weighted by molar-refractivity contribution is 9.09. The third kappa shape index (κ3) is 10.2. The van der Waals surface area contributed by atoms with Crippen LogP contribution in [0.1, 0.15) is 19.3 Å². The van der Waals surface area contributed by atoms with Crippen LogP contribution in [0.3, 0.4) is 0 Å². The number of carbonyl (C=O) groups excluding carboxylic acids is 2. The first-order valence-corrected chi connectivity index (χ1v) is 6.90. The fraction of sp³-hybridized carbons (Fsp3) is 0.778. The number of thioether (sulfide) groups is 1. The molecule has 0 radical (unpaired) electrons. The van der Waals surface area contributed by atoms with Gasteiger partial charge in [0.25, 0.3) is 0 Å². The van der Waals surface area contributed by atoms with Crippen molar-refractivity contribution in [1.82, 2.24) is 5.32 Å². The quantitative estimate of drug-likeness (QED) is 0.516. The fourth-order valence-electron chi connectivity index (χ4n) is 0.867. The van der Waals surface area contributed by atoms with Gasteiger partial charge in [0.05, 0.1) is 5.75 Å². The molecule has 0 fully saturated rings. The van der Waals surface area contributed by atoms with Crippen LogP contribution in [0, 0.1) is 0 Å². The van der Waals surface area contributed by atoms with E-state index in [2.05, 4.69) is 21.2 Å². The van der Waals surface area contributed by atoms with Gasteiger partial charge in [0, 0.05) is 11.9 Å². The topological polar surface area (TPSA) is 66.4 Å². The lowest BCUT2D eigenvalue weighted by Gasteiger charge is -2.03. The van der Waals surface area contributed by atoms with E-state index in [-0.39, 0.29) is 16.8 Å². The van der Waals surface area contributed by atoms with Crippen molar-refractivity contribution in [1.29, 1.82) is 0 Å². The molecule has 0 heterocycles. The van der Waals surface area contributed by atoms with E-state index in [0.29, 0.717) is 6.54 Å². The molecule has 0 atom stereocenters. The number of nitrogens with one attached hydrogen (secondary N) is 1. The van der Waals surface area contributed by atoms with Gasteiger partial charge in [-0.05, 0) is 12.8 Å². The van der Waals surface area contributed by atoms with E-state index in [1.165, 1.54) is 0 Å². The Labute approximate surface area is 102 Å². The maximum absolute atomic E-state index is 11.1. The molecule has 0 aliphatic rings. The average Bonchev–Trinajstić information content (AvgIpc) is 2.25. The summed E-state index contributed by atoms with van der Waals surface area (Å²) in [5.41, 5.74) is 0. The summed E-state index contributed by atoms with van der Waals surface area (Å²) < 4.78 is 0.